The molecule has 0 aromatic heterocycles. The van der Waals surface area contributed by atoms with Crippen molar-refractivity contribution in [3.8, 4) is 0 Å². The SMILES string of the molecule is Cc1ccc(S(=O)(=O)OC(Cc2ccccc2)C2CNCC2c2ccc(F)cc2)cc1. The Balaban J connectivity index is 1.65. The van der Waals surface area contributed by atoms with Crippen molar-refractivity contribution >= 4 is 10.1 Å². The van der Waals surface area contributed by atoms with Crippen molar-refractivity contribution in [1.29, 1.82) is 0 Å². The lowest BCUT2D eigenvalue weighted by molar-refractivity contribution is 0.141. The van der Waals surface area contributed by atoms with Crippen molar-refractivity contribution in [3.63, 3.8) is 0 Å². The molecule has 0 bridgehead atoms. The van der Waals surface area contributed by atoms with Gasteiger partial charge in [0, 0.05) is 31.3 Å². The van der Waals surface area contributed by atoms with E-state index in [2.05, 4.69) is 5.32 Å². The Hall–Kier alpha value is -2.54. The molecule has 162 valence electrons. The summed E-state index contributed by atoms with van der Waals surface area (Å²) in [7, 11) is -3.93. The van der Waals surface area contributed by atoms with E-state index in [1.807, 2.05) is 37.3 Å². The van der Waals surface area contributed by atoms with E-state index in [-0.39, 0.29) is 22.5 Å². The largest absolute Gasteiger partial charge is 0.316 e. The van der Waals surface area contributed by atoms with Crippen LogP contribution in [0.1, 0.15) is 22.6 Å². The number of rotatable bonds is 7. The minimum atomic E-state index is -3.93. The molecule has 0 saturated carbocycles. The monoisotopic (exact) mass is 439 g/mol. The lowest BCUT2D eigenvalue weighted by Crippen LogP contribution is -2.33. The first kappa shape index (κ1) is 21.7. The molecule has 0 amide bonds. The van der Waals surface area contributed by atoms with Crippen LogP contribution in [-0.4, -0.2) is 27.6 Å². The molecule has 3 aromatic carbocycles. The van der Waals surface area contributed by atoms with Gasteiger partial charge in [-0.25, -0.2) is 4.39 Å². The van der Waals surface area contributed by atoms with Gasteiger partial charge in [0.05, 0.1) is 11.0 Å². The summed E-state index contributed by atoms with van der Waals surface area (Å²) in [5.74, 6) is -0.335. The molecule has 6 heteroatoms. The molecule has 0 spiro atoms. The molecule has 1 heterocycles. The molecular formula is C25H26FNO3S. The second kappa shape index (κ2) is 9.30. The normalized spacial score (nSPS) is 19.9. The summed E-state index contributed by atoms with van der Waals surface area (Å²) < 4.78 is 45.5. The highest BCUT2D eigenvalue weighted by Crippen LogP contribution is 2.34. The summed E-state index contributed by atoms with van der Waals surface area (Å²) in [6.07, 6.45) is -0.0885. The van der Waals surface area contributed by atoms with Crippen LogP contribution in [0, 0.1) is 18.7 Å². The predicted octanol–water partition coefficient (Wildman–Crippen LogP) is 4.45. The first-order valence-electron chi connectivity index (χ1n) is 10.4. The third-order valence-corrected chi connectivity index (χ3v) is 7.23. The number of hydrogen-bond acceptors (Lipinski definition) is 4. The standard InChI is InChI=1S/C25H26FNO3S/c1-18-7-13-22(14-8-18)31(28,29)30-25(15-19-5-3-2-4-6-19)24-17-27-16-23(24)20-9-11-21(26)12-10-20/h2-14,23-25,27H,15-17H2,1H3. The zero-order chi connectivity index (χ0) is 21.8. The van der Waals surface area contributed by atoms with E-state index in [1.54, 1.807) is 36.4 Å². The van der Waals surface area contributed by atoms with Gasteiger partial charge in [-0.2, -0.15) is 8.42 Å². The van der Waals surface area contributed by atoms with E-state index in [1.165, 1.54) is 12.1 Å². The minimum absolute atomic E-state index is 0.0301. The van der Waals surface area contributed by atoms with Crippen molar-refractivity contribution in [1.82, 2.24) is 5.32 Å². The van der Waals surface area contributed by atoms with Crippen LogP contribution in [0.5, 0.6) is 0 Å². The van der Waals surface area contributed by atoms with Gasteiger partial charge in [0.25, 0.3) is 10.1 Å². The highest BCUT2D eigenvalue weighted by Gasteiger charge is 2.38. The first-order chi connectivity index (χ1) is 14.9. The van der Waals surface area contributed by atoms with Crippen molar-refractivity contribution in [2.24, 2.45) is 5.92 Å². The van der Waals surface area contributed by atoms with Gasteiger partial charge in [-0.3, -0.25) is 4.18 Å². The van der Waals surface area contributed by atoms with Gasteiger partial charge in [-0.05, 0) is 42.3 Å². The van der Waals surface area contributed by atoms with E-state index < -0.39 is 16.2 Å². The summed E-state index contributed by atoms with van der Waals surface area (Å²) >= 11 is 0. The van der Waals surface area contributed by atoms with Crippen LogP contribution in [-0.2, 0) is 20.7 Å². The third kappa shape index (κ3) is 5.21. The second-order valence-electron chi connectivity index (χ2n) is 8.07. The predicted molar refractivity (Wildman–Crippen MR) is 119 cm³/mol. The highest BCUT2D eigenvalue weighted by molar-refractivity contribution is 7.86. The Labute approximate surface area is 183 Å². The quantitative estimate of drug-likeness (QED) is 0.553. The molecular weight excluding hydrogens is 413 g/mol. The molecule has 3 atom stereocenters. The van der Waals surface area contributed by atoms with Gasteiger partial charge >= 0.3 is 0 Å². The van der Waals surface area contributed by atoms with Crippen molar-refractivity contribution in [3.05, 3.63) is 101 Å². The average molecular weight is 440 g/mol. The molecule has 3 aromatic rings. The van der Waals surface area contributed by atoms with Crippen LogP contribution >= 0.6 is 0 Å². The smallest absolute Gasteiger partial charge is 0.297 e. The fourth-order valence-electron chi connectivity index (χ4n) is 4.19. The number of nitrogens with one attached hydrogen (secondary N) is 1. The van der Waals surface area contributed by atoms with Gasteiger partial charge < -0.3 is 5.32 Å². The van der Waals surface area contributed by atoms with Crippen LogP contribution < -0.4 is 5.32 Å². The van der Waals surface area contributed by atoms with Gasteiger partial charge in [-0.1, -0.05) is 60.2 Å². The Bertz CT molecular complexity index is 1100. The maximum atomic E-state index is 13.4. The number of hydrogen-bond donors (Lipinski definition) is 1. The van der Waals surface area contributed by atoms with E-state index in [4.69, 9.17) is 4.18 Å². The van der Waals surface area contributed by atoms with Gasteiger partial charge in [0.15, 0.2) is 0 Å². The van der Waals surface area contributed by atoms with E-state index in [0.717, 1.165) is 16.7 Å². The molecule has 1 aliphatic heterocycles. The lowest BCUT2D eigenvalue weighted by Gasteiger charge is -2.28. The molecule has 0 radical (unpaired) electrons. The fraction of sp³-hybridized carbons (Fsp3) is 0.280. The third-order valence-electron chi connectivity index (χ3n) is 5.88. The Morgan fingerprint density at radius 3 is 2.32 bits per heavy atom. The number of aryl methyl sites for hydroxylation is 1. The first-order valence-corrected chi connectivity index (χ1v) is 11.8. The zero-order valence-electron chi connectivity index (χ0n) is 17.4. The number of halogens is 1. The van der Waals surface area contributed by atoms with Crippen LogP contribution in [0.25, 0.3) is 0 Å². The van der Waals surface area contributed by atoms with Crippen LogP contribution in [0.3, 0.4) is 0 Å². The van der Waals surface area contributed by atoms with E-state index in [9.17, 15) is 12.8 Å². The summed E-state index contributed by atoms with van der Waals surface area (Å²) in [5.41, 5.74) is 2.97. The maximum Gasteiger partial charge on any atom is 0.297 e. The summed E-state index contributed by atoms with van der Waals surface area (Å²) in [5, 5.41) is 3.37. The average Bonchev–Trinajstić information content (AvgIpc) is 3.25. The molecule has 1 aliphatic rings. The fourth-order valence-corrected chi connectivity index (χ4v) is 5.31. The minimum Gasteiger partial charge on any atom is -0.316 e. The van der Waals surface area contributed by atoms with Crippen molar-refractivity contribution in [2.45, 2.75) is 30.3 Å². The molecule has 4 rings (SSSR count). The summed E-state index contributed by atoms with van der Waals surface area (Å²) in [4.78, 5) is 0.153. The number of benzene rings is 3. The molecule has 3 unspecified atom stereocenters. The van der Waals surface area contributed by atoms with Crippen LogP contribution in [0.4, 0.5) is 4.39 Å². The maximum absolute atomic E-state index is 13.4. The highest BCUT2D eigenvalue weighted by atomic mass is 32.2. The molecule has 1 saturated heterocycles. The van der Waals surface area contributed by atoms with Crippen molar-refractivity contribution < 1.29 is 17.0 Å². The van der Waals surface area contributed by atoms with Gasteiger partial charge in [-0.15, -0.1) is 0 Å². The lowest BCUT2D eigenvalue weighted by atomic mass is 9.83. The molecule has 1 fully saturated rings. The Morgan fingerprint density at radius 1 is 0.968 bits per heavy atom. The second-order valence-corrected chi connectivity index (χ2v) is 9.64. The summed E-state index contributed by atoms with van der Waals surface area (Å²) in [6.45, 7) is 3.23. The zero-order valence-corrected chi connectivity index (χ0v) is 18.2. The summed E-state index contributed by atoms with van der Waals surface area (Å²) in [6, 6.07) is 22.9. The van der Waals surface area contributed by atoms with Gasteiger partial charge in [0.2, 0.25) is 0 Å². The van der Waals surface area contributed by atoms with Crippen LogP contribution in [0.15, 0.2) is 83.8 Å². The topological polar surface area (TPSA) is 55.4 Å². The van der Waals surface area contributed by atoms with Crippen molar-refractivity contribution in [2.75, 3.05) is 13.1 Å². The molecule has 31 heavy (non-hydrogen) atoms. The van der Waals surface area contributed by atoms with E-state index >= 15 is 0 Å². The molecule has 0 aliphatic carbocycles. The Kier molecular flexibility index (Phi) is 6.51. The molecule has 4 nitrogen and oxygen atoms in total. The van der Waals surface area contributed by atoms with Crippen LogP contribution in [0.2, 0.25) is 0 Å². The van der Waals surface area contributed by atoms with Gasteiger partial charge in [0.1, 0.15) is 5.82 Å². The van der Waals surface area contributed by atoms with E-state index in [0.29, 0.717) is 19.5 Å². The molecule has 1 N–H and O–H groups in total. The Morgan fingerprint density at radius 2 is 1.65 bits per heavy atom.